The average molecular weight is 1170 g/mol. The van der Waals surface area contributed by atoms with Gasteiger partial charge in [-0.3, -0.25) is 25.4 Å². The first kappa shape index (κ1) is 82.6. The van der Waals surface area contributed by atoms with Crippen molar-refractivity contribution in [2.75, 3.05) is 99.2 Å². The summed E-state index contributed by atoms with van der Waals surface area (Å²) in [6.45, 7) is 12.4. The van der Waals surface area contributed by atoms with E-state index in [0.717, 1.165) is 97.8 Å². The summed E-state index contributed by atoms with van der Waals surface area (Å²) in [5.41, 5.74) is 0. The standard InChI is InChI=1S/C67H140N8O5.H2O2/c1-68-51-45-57-70-53-40-42-55-72-61-64(62-73-56-43-41-54-71-58-46-52-69-2)47-36-33-35-39-60-74-66(77)49-37-32-30-28-26-24-22-20-18-16-14-12-10-8-6-4-3-5-7-9-11-13-15-17-19-21-23-25-27-29-31-34-38-59-75-67(78)50-44-48-65(63-76)80-79;1-2/h64-65,68-73,76,79H,3-63H2,1-2H3,(H,74,77)(H,75,78);1-2H/t65-;/m0./s1. The summed E-state index contributed by atoms with van der Waals surface area (Å²) in [4.78, 5) is 28.5. The molecule has 0 aliphatic rings. The fraction of sp³-hybridized carbons (Fsp3) is 0.970. The van der Waals surface area contributed by atoms with Gasteiger partial charge >= 0.3 is 0 Å². The molecule has 2 amide bonds. The molecular formula is C67H142N8O7. The van der Waals surface area contributed by atoms with Gasteiger partial charge in [0, 0.05) is 25.9 Å². The minimum Gasteiger partial charge on any atom is -0.394 e. The molecule has 15 nitrogen and oxygen atoms in total. The van der Waals surface area contributed by atoms with Gasteiger partial charge in [0.1, 0.15) is 6.10 Å². The van der Waals surface area contributed by atoms with E-state index in [9.17, 15) is 9.59 Å². The molecule has 12 N–H and O–H groups in total. The molecule has 0 aliphatic heterocycles. The second-order valence-electron chi connectivity index (χ2n) is 24.2. The molecule has 0 aliphatic carbocycles. The lowest BCUT2D eigenvalue weighted by atomic mass is 10.00. The van der Waals surface area contributed by atoms with Crippen LogP contribution in [0.2, 0.25) is 0 Å². The minimum absolute atomic E-state index is 0.0428. The van der Waals surface area contributed by atoms with E-state index in [1.807, 2.05) is 14.1 Å². The van der Waals surface area contributed by atoms with Gasteiger partial charge in [-0.25, -0.2) is 4.89 Å². The van der Waals surface area contributed by atoms with Crippen molar-refractivity contribution in [3.8, 4) is 0 Å². The van der Waals surface area contributed by atoms with Gasteiger partial charge in [0.2, 0.25) is 11.8 Å². The fourth-order valence-electron chi connectivity index (χ4n) is 11.0. The van der Waals surface area contributed by atoms with Crippen LogP contribution in [0, 0.1) is 5.92 Å². The molecule has 0 aromatic carbocycles. The number of amides is 2. The highest BCUT2D eigenvalue weighted by Gasteiger charge is 2.11. The van der Waals surface area contributed by atoms with E-state index >= 15 is 0 Å². The summed E-state index contributed by atoms with van der Waals surface area (Å²) in [6, 6.07) is 0. The van der Waals surface area contributed by atoms with Crippen LogP contribution in [0.25, 0.3) is 0 Å². The molecule has 0 heterocycles. The van der Waals surface area contributed by atoms with Crippen molar-refractivity contribution in [2.24, 2.45) is 5.92 Å². The maximum absolute atomic E-state index is 12.5. The van der Waals surface area contributed by atoms with Crippen LogP contribution in [0.15, 0.2) is 0 Å². The number of hydrogen-bond donors (Lipinski definition) is 12. The van der Waals surface area contributed by atoms with E-state index < -0.39 is 6.10 Å². The summed E-state index contributed by atoms with van der Waals surface area (Å²) in [7, 11) is 4.04. The van der Waals surface area contributed by atoms with Crippen LogP contribution < -0.4 is 42.5 Å². The molecule has 0 spiro atoms. The monoisotopic (exact) mass is 1170 g/mol. The number of hydrogen-bond acceptors (Lipinski definition) is 13. The number of carbonyl (C=O) groups excluding carboxylic acids is 2. The molecule has 0 aromatic rings. The van der Waals surface area contributed by atoms with Crippen molar-refractivity contribution in [2.45, 2.75) is 314 Å². The largest absolute Gasteiger partial charge is 0.394 e. The second kappa shape index (κ2) is 75.6. The van der Waals surface area contributed by atoms with Crippen LogP contribution in [-0.4, -0.2) is 138 Å². The Morgan fingerprint density at radius 1 is 0.317 bits per heavy atom. The predicted octanol–water partition coefficient (Wildman–Crippen LogP) is 14.2. The SMILES string of the molecule is CNCCCNCCCCNCC(CCCCCCNC(=O)CCCCCCCCCCCCCCCCCCCCCCCCCCCCCCCCCCCNC(=O)CCC[C@@H](CO)OO)CNCCCCNCCCNC.OO. The van der Waals surface area contributed by atoms with Gasteiger partial charge in [0.15, 0.2) is 0 Å². The molecular weight excluding hydrogens is 1030 g/mol. The van der Waals surface area contributed by atoms with Crippen LogP contribution in [0.1, 0.15) is 308 Å². The van der Waals surface area contributed by atoms with E-state index in [-0.39, 0.29) is 18.4 Å². The van der Waals surface area contributed by atoms with Crippen LogP contribution in [-0.2, 0) is 14.5 Å². The lowest BCUT2D eigenvalue weighted by Gasteiger charge is -2.19. The lowest BCUT2D eigenvalue weighted by molar-refractivity contribution is -0.286. The van der Waals surface area contributed by atoms with Gasteiger partial charge < -0.3 is 47.6 Å². The second-order valence-corrected chi connectivity index (χ2v) is 24.2. The molecule has 0 saturated carbocycles. The fourth-order valence-corrected chi connectivity index (χ4v) is 11.0. The zero-order valence-corrected chi connectivity index (χ0v) is 54.3. The topological polar surface area (TPSA) is 221 Å². The molecule has 0 aromatic heterocycles. The zero-order chi connectivity index (χ0) is 59.8. The van der Waals surface area contributed by atoms with Crippen molar-refractivity contribution in [3.05, 3.63) is 0 Å². The van der Waals surface area contributed by atoms with E-state index in [4.69, 9.17) is 20.9 Å². The summed E-state index contributed by atoms with van der Waals surface area (Å²) >= 11 is 0. The highest BCUT2D eigenvalue weighted by molar-refractivity contribution is 5.76. The highest BCUT2D eigenvalue weighted by atomic mass is 17.1. The first-order valence-corrected chi connectivity index (χ1v) is 35.3. The van der Waals surface area contributed by atoms with Crippen LogP contribution in [0.5, 0.6) is 0 Å². The molecule has 1 atom stereocenters. The highest BCUT2D eigenvalue weighted by Crippen LogP contribution is 2.18. The van der Waals surface area contributed by atoms with Crippen LogP contribution in [0.4, 0.5) is 0 Å². The third-order valence-electron chi connectivity index (χ3n) is 16.4. The number of unbranched alkanes of at least 4 members (excludes halogenated alkanes) is 37. The van der Waals surface area contributed by atoms with E-state index in [2.05, 4.69) is 47.4 Å². The quantitative estimate of drug-likeness (QED) is 0.0155. The maximum atomic E-state index is 12.5. The van der Waals surface area contributed by atoms with Crippen molar-refractivity contribution in [1.29, 1.82) is 0 Å². The average Bonchev–Trinajstić information content (AvgIpc) is 3.49. The van der Waals surface area contributed by atoms with Crippen LogP contribution in [0.3, 0.4) is 0 Å². The summed E-state index contributed by atoms with van der Waals surface area (Å²) in [6.07, 6.45) is 60.2. The van der Waals surface area contributed by atoms with Crippen molar-refractivity contribution < 1.29 is 35.4 Å². The molecule has 82 heavy (non-hydrogen) atoms. The van der Waals surface area contributed by atoms with E-state index in [0.29, 0.717) is 31.6 Å². The predicted molar refractivity (Wildman–Crippen MR) is 350 cm³/mol. The third kappa shape index (κ3) is 71.0. The van der Waals surface area contributed by atoms with Gasteiger partial charge in [0.05, 0.1) is 6.61 Å². The number of nitrogens with one attached hydrogen (secondary N) is 8. The van der Waals surface area contributed by atoms with E-state index in [1.54, 1.807) is 0 Å². The molecule has 0 saturated heterocycles. The molecule has 0 rings (SSSR count). The molecule has 0 bridgehead atoms. The van der Waals surface area contributed by atoms with Gasteiger partial charge in [-0.15, -0.1) is 0 Å². The number of aliphatic hydroxyl groups is 1. The zero-order valence-electron chi connectivity index (χ0n) is 54.3. The van der Waals surface area contributed by atoms with Gasteiger partial charge in [-0.1, -0.05) is 218 Å². The summed E-state index contributed by atoms with van der Waals surface area (Å²) < 4.78 is 0. The molecule has 0 fully saturated rings. The summed E-state index contributed by atoms with van der Waals surface area (Å²) in [5, 5.41) is 56.9. The van der Waals surface area contributed by atoms with Gasteiger partial charge in [-0.05, 0) is 163 Å². The number of rotatable bonds is 71. The Morgan fingerprint density at radius 3 is 0.902 bits per heavy atom. The lowest BCUT2D eigenvalue weighted by Crippen LogP contribution is -2.32. The van der Waals surface area contributed by atoms with Crippen molar-refractivity contribution in [1.82, 2.24) is 42.5 Å². The summed E-state index contributed by atoms with van der Waals surface area (Å²) in [5.74, 6) is 0.984. The Bertz CT molecular complexity index is 1170. The number of aliphatic hydroxyl groups excluding tert-OH is 1. The molecule has 15 heteroatoms. The van der Waals surface area contributed by atoms with E-state index in [1.165, 1.54) is 263 Å². The smallest absolute Gasteiger partial charge is 0.219 e. The van der Waals surface area contributed by atoms with Crippen molar-refractivity contribution >= 4 is 11.8 Å². The van der Waals surface area contributed by atoms with Gasteiger partial charge in [-0.2, -0.15) is 0 Å². The molecule has 0 unspecified atom stereocenters. The van der Waals surface area contributed by atoms with Gasteiger partial charge in [0.25, 0.3) is 0 Å². The Morgan fingerprint density at radius 2 is 0.585 bits per heavy atom. The van der Waals surface area contributed by atoms with Crippen molar-refractivity contribution in [3.63, 3.8) is 0 Å². The Kier molecular flexibility index (Phi) is 76.1. The molecule has 0 radical (unpaired) electrons. The molecule has 492 valence electrons. The first-order chi connectivity index (χ1) is 40.6. The Hall–Kier alpha value is -1.50. The number of carbonyl (C=O) groups is 2. The Balaban J connectivity index is 0. The first-order valence-electron chi connectivity index (χ1n) is 35.3. The Labute approximate surface area is 507 Å². The third-order valence-corrected chi connectivity index (χ3v) is 16.4. The minimum atomic E-state index is -0.590. The normalized spacial score (nSPS) is 11.8. The maximum Gasteiger partial charge on any atom is 0.219 e. The van der Waals surface area contributed by atoms with Crippen LogP contribution >= 0.6 is 0 Å².